The fourth-order valence-electron chi connectivity index (χ4n) is 1.39. The summed E-state index contributed by atoms with van der Waals surface area (Å²) >= 11 is 0. The van der Waals surface area contributed by atoms with Crippen LogP contribution < -0.4 is 4.74 Å². The standard InChI is InChI=1S/C13H18O/c1-4-11(5-2)10-12-6-8-13(14-3)9-7-12/h6-10H,4-5H2,1-3H3. The fraction of sp³-hybridized carbons (Fsp3) is 0.385. The maximum Gasteiger partial charge on any atom is 0.118 e. The second-order valence-corrected chi connectivity index (χ2v) is 3.28. The summed E-state index contributed by atoms with van der Waals surface area (Å²) in [6.45, 7) is 4.39. The van der Waals surface area contributed by atoms with E-state index in [0.29, 0.717) is 0 Å². The highest BCUT2D eigenvalue weighted by atomic mass is 16.5. The van der Waals surface area contributed by atoms with Gasteiger partial charge in [-0.1, -0.05) is 37.6 Å². The van der Waals surface area contributed by atoms with Gasteiger partial charge in [0.15, 0.2) is 0 Å². The molecule has 0 bridgehead atoms. The molecule has 1 rings (SSSR count). The van der Waals surface area contributed by atoms with Gasteiger partial charge in [0.25, 0.3) is 0 Å². The summed E-state index contributed by atoms with van der Waals surface area (Å²) in [5.41, 5.74) is 2.74. The van der Waals surface area contributed by atoms with Gasteiger partial charge in [-0.05, 0) is 30.5 Å². The van der Waals surface area contributed by atoms with Crippen molar-refractivity contribution < 1.29 is 4.74 Å². The third kappa shape index (κ3) is 2.91. The summed E-state index contributed by atoms with van der Waals surface area (Å²) in [5.74, 6) is 0.914. The summed E-state index contributed by atoms with van der Waals surface area (Å²) in [6, 6.07) is 8.16. The molecule has 0 saturated heterocycles. The Balaban J connectivity index is 2.81. The molecule has 1 heteroatoms. The van der Waals surface area contributed by atoms with Crippen molar-refractivity contribution in [2.45, 2.75) is 26.7 Å². The molecular weight excluding hydrogens is 172 g/mol. The van der Waals surface area contributed by atoms with Gasteiger partial charge in [-0.15, -0.1) is 0 Å². The van der Waals surface area contributed by atoms with Crippen LogP contribution in [0.25, 0.3) is 6.08 Å². The Morgan fingerprint density at radius 2 is 1.71 bits per heavy atom. The van der Waals surface area contributed by atoms with E-state index >= 15 is 0 Å². The molecule has 0 radical (unpaired) electrons. The molecule has 0 spiro atoms. The van der Waals surface area contributed by atoms with Gasteiger partial charge < -0.3 is 4.74 Å². The van der Waals surface area contributed by atoms with Crippen molar-refractivity contribution in [2.75, 3.05) is 7.11 Å². The van der Waals surface area contributed by atoms with Gasteiger partial charge in [0.2, 0.25) is 0 Å². The molecule has 0 saturated carbocycles. The number of ether oxygens (including phenoxy) is 1. The number of benzene rings is 1. The van der Waals surface area contributed by atoms with Crippen molar-refractivity contribution in [3.8, 4) is 5.75 Å². The number of hydrogen-bond acceptors (Lipinski definition) is 1. The highest BCUT2D eigenvalue weighted by Crippen LogP contribution is 2.16. The van der Waals surface area contributed by atoms with Crippen molar-refractivity contribution >= 4 is 6.08 Å². The van der Waals surface area contributed by atoms with E-state index in [4.69, 9.17) is 4.74 Å². The molecule has 76 valence electrons. The molecule has 0 aromatic heterocycles. The Bertz CT molecular complexity index is 290. The predicted octanol–water partition coefficient (Wildman–Crippen LogP) is 3.90. The average molecular weight is 190 g/mol. The van der Waals surface area contributed by atoms with Crippen LogP contribution in [0.1, 0.15) is 32.3 Å². The maximum atomic E-state index is 5.11. The first-order valence-electron chi connectivity index (χ1n) is 5.13. The van der Waals surface area contributed by atoms with Crippen LogP contribution in [0, 0.1) is 0 Å². The van der Waals surface area contributed by atoms with Crippen LogP contribution in [0.2, 0.25) is 0 Å². The van der Waals surface area contributed by atoms with E-state index in [0.717, 1.165) is 18.6 Å². The molecule has 0 aliphatic rings. The molecule has 0 aliphatic heterocycles. The van der Waals surface area contributed by atoms with Gasteiger partial charge >= 0.3 is 0 Å². The summed E-state index contributed by atoms with van der Waals surface area (Å²) in [5, 5.41) is 0. The van der Waals surface area contributed by atoms with Crippen molar-refractivity contribution in [1.82, 2.24) is 0 Å². The molecule has 0 fully saturated rings. The summed E-state index contributed by atoms with van der Waals surface area (Å²) in [4.78, 5) is 0. The zero-order valence-electron chi connectivity index (χ0n) is 9.21. The van der Waals surface area contributed by atoms with Crippen molar-refractivity contribution in [1.29, 1.82) is 0 Å². The topological polar surface area (TPSA) is 9.23 Å². The smallest absolute Gasteiger partial charge is 0.118 e. The number of methoxy groups -OCH3 is 1. The van der Waals surface area contributed by atoms with Crippen LogP contribution in [0.4, 0.5) is 0 Å². The lowest BCUT2D eigenvalue weighted by atomic mass is 10.1. The van der Waals surface area contributed by atoms with Crippen LogP contribution in [-0.2, 0) is 0 Å². The highest BCUT2D eigenvalue weighted by Gasteiger charge is 1.93. The van der Waals surface area contributed by atoms with Crippen LogP contribution in [0.15, 0.2) is 29.8 Å². The molecule has 0 N–H and O–H groups in total. The van der Waals surface area contributed by atoms with E-state index in [1.807, 2.05) is 12.1 Å². The Kier molecular flexibility index (Phi) is 4.24. The zero-order valence-corrected chi connectivity index (χ0v) is 9.21. The highest BCUT2D eigenvalue weighted by molar-refractivity contribution is 5.53. The van der Waals surface area contributed by atoms with E-state index in [9.17, 15) is 0 Å². The van der Waals surface area contributed by atoms with Crippen LogP contribution >= 0.6 is 0 Å². The molecule has 14 heavy (non-hydrogen) atoms. The predicted molar refractivity (Wildman–Crippen MR) is 61.6 cm³/mol. The van der Waals surface area contributed by atoms with Crippen LogP contribution in [-0.4, -0.2) is 7.11 Å². The first kappa shape index (κ1) is 10.8. The third-order valence-corrected chi connectivity index (χ3v) is 2.39. The Hall–Kier alpha value is -1.24. The zero-order chi connectivity index (χ0) is 10.4. The maximum absolute atomic E-state index is 5.11. The second-order valence-electron chi connectivity index (χ2n) is 3.28. The number of hydrogen-bond donors (Lipinski definition) is 0. The third-order valence-electron chi connectivity index (χ3n) is 2.39. The average Bonchev–Trinajstić information content (AvgIpc) is 2.26. The normalized spacial score (nSPS) is 9.64. The van der Waals surface area contributed by atoms with E-state index in [1.165, 1.54) is 11.1 Å². The first-order chi connectivity index (χ1) is 6.80. The van der Waals surface area contributed by atoms with Crippen molar-refractivity contribution in [3.05, 3.63) is 35.4 Å². The number of rotatable bonds is 4. The second kappa shape index (κ2) is 5.48. The minimum atomic E-state index is 0.914. The lowest BCUT2D eigenvalue weighted by Gasteiger charge is -2.02. The molecule has 1 aromatic rings. The molecule has 0 amide bonds. The lowest BCUT2D eigenvalue weighted by Crippen LogP contribution is -1.83. The monoisotopic (exact) mass is 190 g/mol. The Morgan fingerprint density at radius 3 is 2.14 bits per heavy atom. The first-order valence-corrected chi connectivity index (χ1v) is 5.13. The van der Waals surface area contributed by atoms with Gasteiger partial charge in [-0.25, -0.2) is 0 Å². The lowest BCUT2D eigenvalue weighted by molar-refractivity contribution is 0.415. The molecule has 0 unspecified atom stereocenters. The quantitative estimate of drug-likeness (QED) is 0.699. The summed E-state index contributed by atoms with van der Waals surface area (Å²) in [6.07, 6.45) is 4.50. The molecule has 0 atom stereocenters. The molecule has 0 aliphatic carbocycles. The van der Waals surface area contributed by atoms with Crippen molar-refractivity contribution in [3.63, 3.8) is 0 Å². The van der Waals surface area contributed by atoms with Crippen molar-refractivity contribution in [2.24, 2.45) is 0 Å². The van der Waals surface area contributed by atoms with Crippen LogP contribution in [0.5, 0.6) is 5.75 Å². The number of allylic oxidation sites excluding steroid dienone is 1. The van der Waals surface area contributed by atoms with E-state index in [1.54, 1.807) is 7.11 Å². The Labute approximate surface area is 86.4 Å². The fourth-order valence-corrected chi connectivity index (χ4v) is 1.39. The molecular formula is C13H18O. The Morgan fingerprint density at radius 1 is 1.14 bits per heavy atom. The van der Waals surface area contributed by atoms with Crippen LogP contribution in [0.3, 0.4) is 0 Å². The largest absolute Gasteiger partial charge is 0.497 e. The van der Waals surface area contributed by atoms with Gasteiger partial charge in [-0.3, -0.25) is 0 Å². The molecule has 1 nitrogen and oxygen atoms in total. The van der Waals surface area contributed by atoms with E-state index < -0.39 is 0 Å². The van der Waals surface area contributed by atoms with Gasteiger partial charge in [0.05, 0.1) is 7.11 Å². The summed E-state index contributed by atoms with van der Waals surface area (Å²) in [7, 11) is 1.69. The minimum absolute atomic E-state index is 0.914. The van der Waals surface area contributed by atoms with Gasteiger partial charge in [0, 0.05) is 0 Å². The van der Waals surface area contributed by atoms with E-state index in [-0.39, 0.29) is 0 Å². The van der Waals surface area contributed by atoms with E-state index in [2.05, 4.69) is 32.1 Å². The minimum Gasteiger partial charge on any atom is -0.497 e. The summed E-state index contributed by atoms with van der Waals surface area (Å²) < 4.78 is 5.11. The molecule has 1 aromatic carbocycles. The van der Waals surface area contributed by atoms with Gasteiger partial charge in [-0.2, -0.15) is 0 Å². The SMILES string of the molecule is CCC(=Cc1ccc(OC)cc1)CC. The van der Waals surface area contributed by atoms with Gasteiger partial charge in [0.1, 0.15) is 5.75 Å². The molecule has 0 heterocycles.